The van der Waals surface area contributed by atoms with Crippen LogP contribution in [0.1, 0.15) is 0 Å². The van der Waals surface area contributed by atoms with Crippen LogP contribution in [0.3, 0.4) is 0 Å². The number of para-hydroxylation sites is 2. The molecule has 0 atom stereocenters. The van der Waals surface area contributed by atoms with Crippen LogP contribution in [0.5, 0.6) is 11.5 Å². The van der Waals surface area contributed by atoms with E-state index in [1.165, 1.54) is 18.2 Å². The smallest absolute Gasteiger partial charge is 0.349 e. The van der Waals surface area contributed by atoms with Gasteiger partial charge < -0.3 is 9.47 Å². The fourth-order valence-corrected chi connectivity index (χ4v) is 2.07. The topological polar surface area (TPSA) is 78.7 Å². The summed E-state index contributed by atoms with van der Waals surface area (Å²) < 4.78 is 11.2. The SMILES string of the molecule is O=C(COc1ccccc1[N+](=O)[O-])Oc1cccc(I)c1. The lowest BCUT2D eigenvalue weighted by Crippen LogP contribution is -2.18. The van der Waals surface area contributed by atoms with Gasteiger partial charge >= 0.3 is 11.7 Å². The Morgan fingerprint density at radius 1 is 1.19 bits per heavy atom. The van der Waals surface area contributed by atoms with E-state index in [0.29, 0.717) is 5.75 Å². The molecule has 0 aliphatic rings. The Morgan fingerprint density at radius 2 is 1.95 bits per heavy atom. The highest BCUT2D eigenvalue weighted by Gasteiger charge is 2.15. The van der Waals surface area contributed by atoms with Crippen LogP contribution in [-0.4, -0.2) is 17.5 Å². The van der Waals surface area contributed by atoms with E-state index in [4.69, 9.17) is 9.47 Å². The summed E-state index contributed by atoms with van der Waals surface area (Å²) in [6.07, 6.45) is 0. The maximum absolute atomic E-state index is 11.7. The molecule has 0 spiro atoms. The molecule has 6 nitrogen and oxygen atoms in total. The summed E-state index contributed by atoms with van der Waals surface area (Å²) in [4.78, 5) is 21.9. The third-order valence-electron chi connectivity index (χ3n) is 2.44. The van der Waals surface area contributed by atoms with Crippen molar-refractivity contribution in [2.24, 2.45) is 0 Å². The van der Waals surface area contributed by atoms with E-state index in [1.807, 2.05) is 6.07 Å². The van der Waals surface area contributed by atoms with Crippen molar-refractivity contribution in [2.75, 3.05) is 6.61 Å². The largest absolute Gasteiger partial charge is 0.475 e. The third kappa shape index (κ3) is 4.42. The summed E-state index contributed by atoms with van der Waals surface area (Å²) in [5.74, 6) is -0.199. The highest BCUT2D eigenvalue weighted by atomic mass is 127. The first-order valence-electron chi connectivity index (χ1n) is 5.89. The minimum atomic E-state index is -0.629. The second-order valence-corrected chi connectivity index (χ2v) is 5.19. The number of hydrogen-bond donors (Lipinski definition) is 0. The van der Waals surface area contributed by atoms with Crippen molar-refractivity contribution in [3.63, 3.8) is 0 Å². The van der Waals surface area contributed by atoms with Crippen molar-refractivity contribution in [2.45, 2.75) is 0 Å². The minimum Gasteiger partial charge on any atom is -0.475 e. The van der Waals surface area contributed by atoms with E-state index in [-0.39, 0.29) is 11.4 Å². The average molecular weight is 399 g/mol. The molecule has 7 heteroatoms. The summed E-state index contributed by atoms with van der Waals surface area (Å²) in [7, 11) is 0. The standard InChI is InChI=1S/C14H10INO5/c15-10-4-3-5-11(8-10)21-14(17)9-20-13-7-2-1-6-12(13)16(18)19/h1-8H,9H2. The number of carbonyl (C=O) groups is 1. The number of benzene rings is 2. The molecule has 0 aromatic heterocycles. The molecule has 108 valence electrons. The predicted molar refractivity (Wildman–Crippen MR) is 83.4 cm³/mol. The first-order chi connectivity index (χ1) is 10.1. The summed E-state index contributed by atoms with van der Waals surface area (Å²) >= 11 is 2.10. The summed E-state index contributed by atoms with van der Waals surface area (Å²) in [6, 6.07) is 12.8. The first kappa shape index (κ1) is 15.2. The van der Waals surface area contributed by atoms with Gasteiger partial charge in [-0.3, -0.25) is 10.1 Å². The molecule has 0 radical (unpaired) electrons. The van der Waals surface area contributed by atoms with Crippen LogP contribution in [0.15, 0.2) is 48.5 Å². The quantitative estimate of drug-likeness (QED) is 0.254. The Hall–Kier alpha value is -2.16. The van der Waals surface area contributed by atoms with Crippen LogP contribution in [-0.2, 0) is 4.79 Å². The van der Waals surface area contributed by atoms with Gasteiger partial charge in [0.15, 0.2) is 12.4 Å². The summed E-state index contributed by atoms with van der Waals surface area (Å²) in [6.45, 7) is -0.406. The van der Waals surface area contributed by atoms with Crippen molar-refractivity contribution in [1.82, 2.24) is 0 Å². The number of esters is 1. The molecule has 2 rings (SSSR count). The molecule has 0 heterocycles. The van der Waals surface area contributed by atoms with Crippen LogP contribution < -0.4 is 9.47 Å². The number of halogens is 1. The molecule has 0 saturated heterocycles. The van der Waals surface area contributed by atoms with Crippen molar-refractivity contribution in [3.05, 3.63) is 62.2 Å². The number of nitrogens with zero attached hydrogens (tertiary/aromatic N) is 1. The molecular formula is C14H10INO5. The van der Waals surface area contributed by atoms with Crippen molar-refractivity contribution in [1.29, 1.82) is 0 Å². The first-order valence-corrected chi connectivity index (χ1v) is 6.96. The molecule has 0 aliphatic heterocycles. The van der Waals surface area contributed by atoms with Gasteiger partial charge in [0.25, 0.3) is 0 Å². The molecule has 2 aromatic carbocycles. The highest BCUT2D eigenvalue weighted by Crippen LogP contribution is 2.25. The second-order valence-electron chi connectivity index (χ2n) is 3.94. The van der Waals surface area contributed by atoms with Crippen molar-refractivity contribution in [3.8, 4) is 11.5 Å². The molecule has 21 heavy (non-hydrogen) atoms. The van der Waals surface area contributed by atoms with Gasteiger partial charge in [-0.05, 0) is 46.9 Å². The van der Waals surface area contributed by atoms with E-state index in [9.17, 15) is 14.9 Å². The Bertz CT molecular complexity index is 674. The van der Waals surface area contributed by atoms with E-state index in [2.05, 4.69) is 22.6 Å². The molecule has 0 fully saturated rings. The molecule has 0 bridgehead atoms. The average Bonchev–Trinajstić information content (AvgIpc) is 2.45. The van der Waals surface area contributed by atoms with Crippen LogP contribution in [0, 0.1) is 13.7 Å². The van der Waals surface area contributed by atoms with Gasteiger partial charge in [-0.1, -0.05) is 18.2 Å². The van der Waals surface area contributed by atoms with E-state index in [0.717, 1.165) is 3.57 Å². The van der Waals surface area contributed by atoms with E-state index >= 15 is 0 Å². The number of nitro benzene ring substituents is 1. The Morgan fingerprint density at radius 3 is 2.67 bits per heavy atom. The number of hydrogen-bond acceptors (Lipinski definition) is 5. The van der Waals surface area contributed by atoms with Gasteiger partial charge in [0, 0.05) is 9.64 Å². The third-order valence-corrected chi connectivity index (χ3v) is 3.11. The van der Waals surface area contributed by atoms with E-state index in [1.54, 1.807) is 24.3 Å². The van der Waals surface area contributed by atoms with Gasteiger partial charge in [0.2, 0.25) is 0 Å². The van der Waals surface area contributed by atoms with Crippen molar-refractivity contribution < 1.29 is 19.2 Å². The van der Waals surface area contributed by atoms with Gasteiger partial charge in [0.1, 0.15) is 5.75 Å². The molecule has 0 unspecified atom stereocenters. The molecule has 0 saturated carbocycles. The predicted octanol–water partition coefficient (Wildman–Crippen LogP) is 3.18. The van der Waals surface area contributed by atoms with Crippen LogP contribution >= 0.6 is 22.6 Å². The fourth-order valence-electron chi connectivity index (χ4n) is 1.56. The lowest BCUT2D eigenvalue weighted by atomic mass is 10.3. The van der Waals surface area contributed by atoms with Gasteiger partial charge in [-0.25, -0.2) is 4.79 Å². The molecule has 0 aliphatic carbocycles. The van der Waals surface area contributed by atoms with Gasteiger partial charge in [-0.15, -0.1) is 0 Å². The van der Waals surface area contributed by atoms with E-state index < -0.39 is 17.5 Å². The van der Waals surface area contributed by atoms with Crippen LogP contribution in [0.2, 0.25) is 0 Å². The number of carbonyl (C=O) groups excluding carboxylic acids is 1. The molecule has 2 aromatic rings. The fraction of sp³-hybridized carbons (Fsp3) is 0.0714. The van der Waals surface area contributed by atoms with Crippen molar-refractivity contribution >= 4 is 34.2 Å². The zero-order valence-corrected chi connectivity index (χ0v) is 12.8. The summed E-state index contributed by atoms with van der Waals surface area (Å²) in [5, 5.41) is 10.8. The normalized spacial score (nSPS) is 9.95. The van der Waals surface area contributed by atoms with Crippen LogP contribution in [0.4, 0.5) is 5.69 Å². The lowest BCUT2D eigenvalue weighted by molar-refractivity contribution is -0.385. The second kappa shape index (κ2) is 7.02. The summed E-state index contributed by atoms with van der Waals surface area (Å²) in [5.41, 5.74) is -0.195. The minimum absolute atomic E-state index is 0.0297. The zero-order chi connectivity index (χ0) is 15.2. The highest BCUT2D eigenvalue weighted by molar-refractivity contribution is 14.1. The zero-order valence-electron chi connectivity index (χ0n) is 10.7. The number of rotatable bonds is 5. The van der Waals surface area contributed by atoms with Gasteiger partial charge in [-0.2, -0.15) is 0 Å². The molecule has 0 N–H and O–H groups in total. The molecule has 0 amide bonds. The number of ether oxygens (including phenoxy) is 2. The Kier molecular flexibility index (Phi) is 5.09. The maximum atomic E-state index is 11.7. The lowest BCUT2D eigenvalue weighted by Gasteiger charge is -2.07. The van der Waals surface area contributed by atoms with Gasteiger partial charge in [0.05, 0.1) is 4.92 Å². The molecular weight excluding hydrogens is 389 g/mol. The Labute approximate surface area is 134 Å². The maximum Gasteiger partial charge on any atom is 0.349 e. The monoisotopic (exact) mass is 399 g/mol. The number of nitro groups is 1. The Balaban J connectivity index is 1.97. The van der Waals surface area contributed by atoms with Crippen LogP contribution in [0.25, 0.3) is 0 Å².